The third kappa shape index (κ3) is 4.15. The first-order valence-electron chi connectivity index (χ1n) is 8.63. The molecule has 8 nitrogen and oxygen atoms in total. The minimum Gasteiger partial charge on any atom is -0.349 e. The Hall–Kier alpha value is -2.04. The maximum atomic E-state index is 13.6. The lowest BCUT2D eigenvalue weighted by Crippen LogP contribution is -2.40. The van der Waals surface area contributed by atoms with E-state index in [1.54, 1.807) is 0 Å². The van der Waals surface area contributed by atoms with Gasteiger partial charge in [0.15, 0.2) is 17.5 Å². The smallest absolute Gasteiger partial charge is 0.349 e. The Labute approximate surface area is 162 Å². The van der Waals surface area contributed by atoms with Crippen molar-refractivity contribution >= 4 is 19.5 Å². The average Bonchev–Trinajstić information content (AvgIpc) is 3.08. The number of ether oxygens (including phenoxy) is 1. The molecule has 4 atom stereocenters. The van der Waals surface area contributed by atoms with Gasteiger partial charge in [0.25, 0.3) is 0 Å². The fraction of sp³-hybridized carbons (Fsp3) is 0.412. The number of carbonyl (C=O) groups excluding carboxylic acids is 2. The van der Waals surface area contributed by atoms with E-state index in [1.165, 1.54) is 6.07 Å². The van der Waals surface area contributed by atoms with E-state index >= 15 is 0 Å². The number of carbonyl (C=O) groups is 2. The van der Waals surface area contributed by atoms with Gasteiger partial charge >= 0.3 is 7.82 Å². The summed E-state index contributed by atoms with van der Waals surface area (Å²) in [6.45, 7) is -0.528. The van der Waals surface area contributed by atoms with Crippen LogP contribution in [0.5, 0.6) is 0 Å². The zero-order chi connectivity index (χ0) is 20.8. The Morgan fingerprint density at radius 3 is 2.72 bits per heavy atom. The van der Waals surface area contributed by atoms with Crippen molar-refractivity contribution in [2.75, 3.05) is 6.61 Å². The molecule has 0 aromatic heterocycles. The molecule has 1 unspecified atom stereocenters. The topological polar surface area (TPSA) is 91.4 Å². The predicted molar refractivity (Wildman–Crippen MR) is 88.5 cm³/mol. The van der Waals surface area contributed by atoms with Crippen molar-refractivity contribution in [1.82, 2.24) is 4.90 Å². The molecule has 0 saturated carbocycles. The fourth-order valence-electron chi connectivity index (χ4n) is 3.17. The number of rotatable bonds is 4. The molecule has 29 heavy (non-hydrogen) atoms. The second kappa shape index (κ2) is 7.66. The standard InChI is InChI=1S/C17H15F3NO7P/c18-10-2-1-9(3-11(10)19)7-25-29(24)26-8-15-14(28-29)5-17(27-15)21-6-12(20)13(22)4-16(21)23/h1-3,6,14-15,17H,4-5,7-8H2/t14-,15+,17+,29?/m0/s1. The van der Waals surface area contributed by atoms with Gasteiger partial charge in [-0.15, -0.1) is 0 Å². The average molecular weight is 433 g/mol. The van der Waals surface area contributed by atoms with Crippen LogP contribution in [0.3, 0.4) is 0 Å². The van der Waals surface area contributed by atoms with Gasteiger partial charge in [0.2, 0.25) is 11.7 Å². The molecule has 2 fully saturated rings. The molecule has 3 heterocycles. The van der Waals surface area contributed by atoms with Gasteiger partial charge in [-0.05, 0) is 17.7 Å². The number of fused-ring (bicyclic) bond motifs is 1. The van der Waals surface area contributed by atoms with Crippen LogP contribution in [0, 0.1) is 11.6 Å². The van der Waals surface area contributed by atoms with Gasteiger partial charge < -0.3 is 4.74 Å². The number of benzene rings is 1. The number of phosphoric ester groups is 1. The van der Waals surface area contributed by atoms with Crippen LogP contribution in [0.1, 0.15) is 18.4 Å². The van der Waals surface area contributed by atoms with Crippen LogP contribution >= 0.6 is 7.82 Å². The van der Waals surface area contributed by atoms with Crippen LogP contribution in [0.4, 0.5) is 13.2 Å². The highest BCUT2D eigenvalue weighted by Gasteiger charge is 2.49. The number of hydrogen-bond acceptors (Lipinski definition) is 7. The number of amides is 1. The predicted octanol–water partition coefficient (Wildman–Crippen LogP) is 2.73. The summed E-state index contributed by atoms with van der Waals surface area (Å²) < 4.78 is 73.7. The van der Waals surface area contributed by atoms with Gasteiger partial charge in [0.05, 0.1) is 19.6 Å². The van der Waals surface area contributed by atoms with Crippen LogP contribution in [0.2, 0.25) is 0 Å². The molecule has 1 aromatic carbocycles. The number of halogens is 3. The zero-order valence-corrected chi connectivity index (χ0v) is 15.7. The molecule has 12 heteroatoms. The minimum atomic E-state index is -4.02. The summed E-state index contributed by atoms with van der Waals surface area (Å²) >= 11 is 0. The fourth-order valence-corrected chi connectivity index (χ4v) is 4.55. The van der Waals surface area contributed by atoms with E-state index < -0.39 is 61.8 Å². The first-order chi connectivity index (χ1) is 13.7. The molecular formula is C17H15F3NO7P. The molecule has 156 valence electrons. The number of Topliss-reactive ketones (excluding diaryl/α,β-unsaturated/α-hetero) is 1. The maximum absolute atomic E-state index is 13.6. The quantitative estimate of drug-likeness (QED) is 0.533. The Morgan fingerprint density at radius 1 is 1.17 bits per heavy atom. The number of ketones is 1. The first-order valence-corrected chi connectivity index (χ1v) is 10.1. The van der Waals surface area contributed by atoms with Crippen molar-refractivity contribution in [1.29, 1.82) is 0 Å². The Balaban J connectivity index is 1.39. The summed E-state index contributed by atoms with van der Waals surface area (Å²) in [5.41, 5.74) is 0.221. The second-order valence-electron chi connectivity index (χ2n) is 6.65. The lowest BCUT2D eigenvalue weighted by atomic mass is 10.1. The summed E-state index contributed by atoms with van der Waals surface area (Å²) in [6.07, 6.45) is -2.16. The molecule has 0 radical (unpaired) electrons. The lowest BCUT2D eigenvalue weighted by Gasteiger charge is -2.30. The summed E-state index contributed by atoms with van der Waals surface area (Å²) in [4.78, 5) is 24.2. The third-order valence-corrected chi connectivity index (χ3v) is 6.08. The minimum absolute atomic E-state index is 0.0518. The van der Waals surface area contributed by atoms with E-state index in [0.29, 0.717) is 0 Å². The van der Waals surface area contributed by atoms with E-state index in [-0.39, 0.29) is 25.2 Å². The van der Waals surface area contributed by atoms with Crippen LogP contribution in [-0.4, -0.2) is 41.6 Å². The van der Waals surface area contributed by atoms with Gasteiger partial charge in [-0.2, -0.15) is 0 Å². The van der Waals surface area contributed by atoms with Gasteiger partial charge in [-0.3, -0.25) is 28.1 Å². The monoisotopic (exact) mass is 433 g/mol. The van der Waals surface area contributed by atoms with Crippen LogP contribution in [0.25, 0.3) is 0 Å². The van der Waals surface area contributed by atoms with E-state index in [4.69, 9.17) is 18.3 Å². The molecule has 3 aliphatic heterocycles. The zero-order valence-electron chi connectivity index (χ0n) is 14.8. The lowest BCUT2D eigenvalue weighted by molar-refractivity contribution is -0.146. The molecule has 3 aliphatic rings. The molecule has 4 rings (SSSR count). The van der Waals surface area contributed by atoms with Crippen LogP contribution in [0.15, 0.2) is 30.2 Å². The van der Waals surface area contributed by atoms with Crippen molar-refractivity contribution in [3.8, 4) is 0 Å². The van der Waals surface area contributed by atoms with Crippen molar-refractivity contribution in [3.63, 3.8) is 0 Å². The van der Waals surface area contributed by atoms with Gasteiger partial charge in [-0.1, -0.05) is 6.07 Å². The number of nitrogens with zero attached hydrogens (tertiary/aromatic N) is 1. The Morgan fingerprint density at radius 2 is 1.97 bits per heavy atom. The van der Waals surface area contributed by atoms with Crippen molar-refractivity contribution in [2.24, 2.45) is 0 Å². The number of hydrogen-bond donors (Lipinski definition) is 0. The van der Waals surface area contributed by atoms with Gasteiger partial charge in [0.1, 0.15) is 18.4 Å². The SMILES string of the molecule is O=C1CC(=O)N([C@H]2C[C@@H]3OP(=O)(OCc4ccc(F)c(F)c4)OC[C@H]3O2)C=C1F. The normalized spacial score (nSPS) is 32.3. The van der Waals surface area contributed by atoms with Crippen molar-refractivity contribution in [3.05, 3.63) is 47.4 Å². The number of allylic oxidation sites excluding steroid dienone is 1. The second-order valence-corrected chi connectivity index (χ2v) is 8.27. The van der Waals surface area contributed by atoms with Crippen LogP contribution < -0.4 is 0 Å². The summed E-state index contributed by atoms with van der Waals surface area (Å²) in [5.74, 6) is -4.69. The summed E-state index contributed by atoms with van der Waals surface area (Å²) in [5, 5.41) is 0. The van der Waals surface area contributed by atoms with E-state index in [9.17, 15) is 27.3 Å². The van der Waals surface area contributed by atoms with Gasteiger partial charge in [-0.25, -0.2) is 17.7 Å². The summed E-state index contributed by atoms with van der Waals surface area (Å²) in [7, 11) is -4.02. The van der Waals surface area contributed by atoms with Crippen molar-refractivity contribution in [2.45, 2.75) is 37.9 Å². The summed E-state index contributed by atoms with van der Waals surface area (Å²) in [6, 6.07) is 3.06. The van der Waals surface area contributed by atoms with Crippen LogP contribution in [-0.2, 0) is 39.1 Å². The largest absolute Gasteiger partial charge is 0.475 e. The molecule has 0 bridgehead atoms. The molecule has 1 amide bonds. The van der Waals surface area contributed by atoms with E-state index in [2.05, 4.69) is 0 Å². The van der Waals surface area contributed by atoms with E-state index in [1.807, 2.05) is 0 Å². The molecule has 0 spiro atoms. The molecular weight excluding hydrogens is 418 g/mol. The molecule has 1 aromatic rings. The highest BCUT2D eigenvalue weighted by molar-refractivity contribution is 7.48. The Bertz CT molecular complexity index is 940. The Kier molecular flexibility index (Phi) is 5.34. The van der Waals surface area contributed by atoms with Crippen molar-refractivity contribution < 1.29 is 45.6 Å². The first kappa shape index (κ1) is 20.2. The van der Waals surface area contributed by atoms with Gasteiger partial charge in [0, 0.05) is 12.6 Å². The molecule has 0 aliphatic carbocycles. The highest BCUT2D eigenvalue weighted by Crippen LogP contribution is 2.56. The highest BCUT2D eigenvalue weighted by atomic mass is 31.2. The van der Waals surface area contributed by atoms with E-state index in [0.717, 1.165) is 23.2 Å². The molecule has 2 saturated heterocycles. The maximum Gasteiger partial charge on any atom is 0.475 e. The number of phosphoric acid groups is 1. The third-order valence-electron chi connectivity index (χ3n) is 4.64. The molecule has 0 N–H and O–H groups in total.